The van der Waals surface area contributed by atoms with Gasteiger partial charge < -0.3 is 5.32 Å². The van der Waals surface area contributed by atoms with Crippen LogP contribution in [0.4, 0.5) is 0 Å². The van der Waals surface area contributed by atoms with Crippen molar-refractivity contribution < 1.29 is 4.79 Å². The van der Waals surface area contributed by atoms with Crippen LogP contribution < -0.4 is 5.32 Å². The third kappa shape index (κ3) is 1.90. The first kappa shape index (κ1) is 9.52. The van der Waals surface area contributed by atoms with Gasteiger partial charge in [0.15, 0.2) is 5.78 Å². The molecule has 2 aliphatic heterocycles. The van der Waals surface area contributed by atoms with Crippen LogP contribution in [0.25, 0.3) is 0 Å². The number of carbonyl (C=O) groups is 1. The summed E-state index contributed by atoms with van der Waals surface area (Å²) in [5.74, 6) is 0.592. The summed E-state index contributed by atoms with van der Waals surface area (Å²) >= 11 is 0. The molecule has 76 valence electrons. The second kappa shape index (κ2) is 4.00. The quantitative estimate of drug-likeness (QED) is 0.704. The minimum atomic E-state index is 0.0534. The molecule has 1 saturated heterocycles. The van der Waals surface area contributed by atoms with Crippen LogP contribution in [0, 0.1) is 5.92 Å². The molecule has 1 N–H and O–H groups in total. The average Bonchev–Trinajstić information content (AvgIpc) is 2.68. The lowest BCUT2D eigenvalue weighted by molar-refractivity contribution is -0.111. The fourth-order valence-electron chi connectivity index (χ4n) is 1.94. The summed E-state index contributed by atoms with van der Waals surface area (Å²) in [6, 6.07) is 0. The predicted molar refractivity (Wildman–Crippen MR) is 55.8 cm³/mol. The molecule has 0 bridgehead atoms. The van der Waals surface area contributed by atoms with E-state index in [1.165, 1.54) is 0 Å². The number of carbonyl (C=O) groups excluding carboxylic acids is 1. The van der Waals surface area contributed by atoms with Crippen molar-refractivity contribution in [1.82, 2.24) is 5.32 Å². The second-order valence-electron chi connectivity index (χ2n) is 3.90. The predicted octanol–water partition coefficient (Wildman–Crippen LogP) is 0.776. The lowest BCUT2D eigenvalue weighted by Gasteiger charge is -2.22. The highest BCUT2D eigenvalue weighted by Crippen LogP contribution is 2.19. The van der Waals surface area contributed by atoms with Gasteiger partial charge in [-0.05, 0) is 25.9 Å². The Morgan fingerprint density at radius 2 is 2.07 bits per heavy atom. The molecular weight excluding hydrogens is 178 g/mol. The molecule has 0 amide bonds. The Kier molecular flexibility index (Phi) is 2.72. The highest BCUT2D eigenvalue weighted by Gasteiger charge is 2.24. The Balaban J connectivity index is 1.93. The topological polar surface area (TPSA) is 53.8 Å². The van der Waals surface area contributed by atoms with E-state index in [0.29, 0.717) is 18.1 Å². The van der Waals surface area contributed by atoms with Gasteiger partial charge in [-0.3, -0.25) is 4.79 Å². The SMILES string of the molecule is CC(=O)C1=NN=C(C2CCNCC2)C1. The van der Waals surface area contributed by atoms with E-state index in [9.17, 15) is 4.79 Å². The minimum Gasteiger partial charge on any atom is -0.317 e. The zero-order valence-corrected chi connectivity index (χ0v) is 8.42. The molecule has 2 aliphatic rings. The van der Waals surface area contributed by atoms with Crippen LogP contribution in [0.15, 0.2) is 10.2 Å². The average molecular weight is 193 g/mol. The lowest BCUT2D eigenvalue weighted by atomic mass is 9.90. The number of nitrogens with one attached hydrogen (secondary N) is 1. The van der Waals surface area contributed by atoms with Crippen LogP contribution >= 0.6 is 0 Å². The van der Waals surface area contributed by atoms with Gasteiger partial charge in [-0.2, -0.15) is 10.2 Å². The van der Waals surface area contributed by atoms with Gasteiger partial charge in [-0.1, -0.05) is 0 Å². The van der Waals surface area contributed by atoms with Crippen molar-refractivity contribution >= 4 is 17.2 Å². The van der Waals surface area contributed by atoms with Gasteiger partial charge in [0, 0.05) is 25.0 Å². The molecule has 0 atom stereocenters. The molecule has 14 heavy (non-hydrogen) atoms. The summed E-state index contributed by atoms with van der Waals surface area (Å²) in [5, 5.41) is 11.4. The minimum absolute atomic E-state index is 0.0534. The molecule has 0 aliphatic carbocycles. The van der Waals surface area contributed by atoms with Gasteiger partial charge in [0.2, 0.25) is 0 Å². The first-order valence-corrected chi connectivity index (χ1v) is 5.12. The molecule has 1 fully saturated rings. The van der Waals surface area contributed by atoms with Crippen molar-refractivity contribution in [3.05, 3.63) is 0 Å². The largest absolute Gasteiger partial charge is 0.317 e. The molecule has 4 heteroatoms. The third-order valence-electron chi connectivity index (χ3n) is 2.86. The molecule has 0 unspecified atom stereocenters. The van der Waals surface area contributed by atoms with E-state index in [2.05, 4.69) is 15.5 Å². The first-order valence-electron chi connectivity index (χ1n) is 5.12. The van der Waals surface area contributed by atoms with Crippen LogP contribution in [-0.2, 0) is 4.79 Å². The number of ketones is 1. The molecule has 0 aromatic heterocycles. The van der Waals surface area contributed by atoms with Crippen LogP contribution in [0.3, 0.4) is 0 Å². The summed E-state index contributed by atoms with van der Waals surface area (Å²) in [6.07, 6.45) is 2.93. The highest BCUT2D eigenvalue weighted by atomic mass is 16.1. The van der Waals surface area contributed by atoms with E-state index in [-0.39, 0.29) is 5.78 Å². The fourth-order valence-corrected chi connectivity index (χ4v) is 1.94. The van der Waals surface area contributed by atoms with Crippen LogP contribution in [0.1, 0.15) is 26.2 Å². The van der Waals surface area contributed by atoms with E-state index >= 15 is 0 Å². The molecule has 0 spiro atoms. The van der Waals surface area contributed by atoms with E-state index in [1.54, 1.807) is 6.92 Å². The summed E-state index contributed by atoms with van der Waals surface area (Å²) in [5.41, 5.74) is 1.73. The smallest absolute Gasteiger partial charge is 0.176 e. The summed E-state index contributed by atoms with van der Waals surface area (Å²) in [7, 11) is 0. The van der Waals surface area contributed by atoms with Crippen molar-refractivity contribution in [3.8, 4) is 0 Å². The van der Waals surface area contributed by atoms with Crippen LogP contribution in [0.2, 0.25) is 0 Å². The van der Waals surface area contributed by atoms with Crippen molar-refractivity contribution in [2.75, 3.05) is 13.1 Å². The Hall–Kier alpha value is -1.03. The zero-order chi connectivity index (χ0) is 9.97. The van der Waals surface area contributed by atoms with Gasteiger partial charge in [0.25, 0.3) is 0 Å². The molecule has 0 aromatic carbocycles. The molecule has 2 heterocycles. The zero-order valence-electron chi connectivity index (χ0n) is 8.42. The lowest BCUT2D eigenvalue weighted by Crippen LogP contribution is -2.32. The third-order valence-corrected chi connectivity index (χ3v) is 2.86. The molecule has 0 aromatic rings. The van der Waals surface area contributed by atoms with Gasteiger partial charge in [-0.25, -0.2) is 0 Å². The first-order chi connectivity index (χ1) is 6.77. The molecule has 0 radical (unpaired) electrons. The van der Waals surface area contributed by atoms with Crippen molar-refractivity contribution in [2.45, 2.75) is 26.2 Å². The van der Waals surface area contributed by atoms with Gasteiger partial charge in [0.05, 0.1) is 0 Å². The Labute approximate surface area is 83.5 Å². The highest BCUT2D eigenvalue weighted by molar-refractivity contribution is 6.43. The maximum Gasteiger partial charge on any atom is 0.176 e. The monoisotopic (exact) mass is 193 g/mol. The summed E-state index contributed by atoms with van der Waals surface area (Å²) in [6.45, 7) is 3.66. The van der Waals surface area contributed by atoms with E-state index < -0.39 is 0 Å². The number of rotatable bonds is 2. The normalized spacial score (nSPS) is 23.2. The Morgan fingerprint density at radius 3 is 2.64 bits per heavy atom. The van der Waals surface area contributed by atoms with Gasteiger partial charge >= 0.3 is 0 Å². The van der Waals surface area contributed by atoms with Crippen molar-refractivity contribution in [3.63, 3.8) is 0 Å². The maximum absolute atomic E-state index is 11.1. The Morgan fingerprint density at radius 1 is 1.36 bits per heavy atom. The van der Waals surface area contributed by atoms with E-state index in [0.717, 1.165) is 31.6 Å². The van der Waals surface area contributed by atoms with Crippen molar-refractivity contribution in [1.29, 1.82) is 0 Å². The number of hydrogen-bond acceptors (Lipinski definition) is 4. The molecular formula is C10H15N3O. The standard InChI is InChI=1S/C10H15N3O/c1-7(14)9-6-10(13-12-9)8-2-4-11-5-3-8/h8,11H,2-6H2,1H3. The van der Waals surface area contributed by atoms with E-state index in [4.69, 9.17) is 0 Å². The number of piperidine rings is 1. The fraction of sp³-hybridized carbons (Fsp3) is 0.700. The molecule has 2 rings (SSSR count). The maximum atomic E-state index is 11.1. The second-order valence-corrected chi connectivity index (χ2v) is 3.90. The summed E-state index contributed by atoms with van der Waals surface area (Å²) in [4.78, 5) is 11.1. The van der Waals surface area contributed by atoms with Crippen LogP contribution in [-0.4, -0.2) is 30.3 Å². The van der Waals surface area contributed by atoms with Crippen molar-refractivity contribution in [2.24, 2.45) is 16.1 Å². The van der Waals surface area contributed by atoms with E-state index in [1.807, 2.05) is 0 Å². The molecule has 4 nitrogen and oxygen atoms in total. The Bertz CT molecular complexity index is 300. The number of Topliss-reactive ketones (excluding diaryl/α,β-unsaturated/α-hetero) is 1. The summed E-state index contributed by atoms with van der Waals surface area (Å²) < 4.78 is 0. The number of nitrogens with zero attached hydrogens (tertiary/aromatic N) is 2. The number of hydrogen-bond donors (Lipinski definition) is 1. The van der Waals surface area contributed by atoms with Gasteiger partial charge in [0.1, 0.15) is 5.71 Å². The van der Waals surface area contributed by atoms with Gasteiger partial charge in [-0.15, -0.1) is 0 Å². The molecule has 0 saturated carbocycles. The van der Waals surface area contributed by atoms with Crippen LogP contribution in [0.5, 0.6) is 0 Å².